The molecule has 0 spiro atoms. The second-order valence-electron chi connectivity index (χ2n) is 4.05. The fourth-order valence-corrected chi connectivity index (χ4v) is 1.92. The van der Waals surface area contributed by atoms with E-state index in [2.05, 4.69) is 9.88 Å². The molecule has 2 heterocycles. The second-order valence-corrected chi connectivity index (χ2v) is 4.05. The third-order valence-corrected chi connectivity index (χ3v) is 2.80. The standard InChI is InChI=1S/C11H19N3O/c12-6-4-5-10-9-13-11(15-10)14-7-2-1-3-8-14/h9H,1-8,12H2. The van der Waals surface area contributed by atoms with Gasteiger partial charge >= 0.3 is 0 Å². The van der Waals surface area contributed by atoms with Crippen LogP contribution in [0.3, 0.4) is 0 Å². The van der Waals surface area contributed by atoms with Crippen molar-refractivity contribution >= 4 is 6.01 Å². The highest BCUT2D eigenvalue weighted by molar-refractivity contribution is 5.26. The Labute approximate surface area is 90.5 Å². The van der Waals surface area contributed by atoms with E-state index in [1.54, 1.807) is 0 Å². The zero-order valence-corrected chi connectivity index (χ0v) is 9.11. The molecule has 0 bridgehead atoms. The molecule has 1 aromatic heterocycles. The summed E-state index contributed by atoms with van der Waals surface area (Å²) >= 11 is 0. The van der Waals surface area contributed by atoms with Gasteiger partial charge in [-0.15, -0.1) is 0 Å². The van der Waals surface area contributed by atoms with E-state index in [0.29, 0.717) is 6.54 Å². The summed E-state index contributed by atoms with van der Waals surface area (Å²) in [6.07, 6.45) is 7.53. The van der Waals surface area contributed by atoms with Crippen LogP contribution in [0.25, 0.3) is 0 Å². The minimum atomic E-state index is 0.708. The SMILES string of the molecule is NCCCc1cnc(N2CCCCC2)o1. The fraction of sp³-hybridized carbons (Fsp3) is 0.727. The van der Waals surface area contributed by atoms with E-state index in [4.69, 9.17) is 10.2 Å². The molecule has 1 fully saturated rings. The number of aryl methyl sites for hydroxylation is 1. The molecule has 0 atom stereocenters. The predicted octanol–water partition coefficient (Wildman–Crippen LogP) is 1.56. The van der Waals surface area contributed by atoms with E-state index >= 15 is 0 Å². The van der Waals surface area contributed by atoms with Crippen LogP contribution >= 0.6 is 0 Å². The number of rotatable bonds is 4. The Morgan fingerprint density at radius 1 is 1.33 bits per heavy atom. The summed E-state index contributed by atoms with van der Waals surface area (Å²) in [6, 6.07) is 0.793. The summed E-state index contributed by atoms with van der Waals surface area (Å²) in [5, 5.41) is 0. The van der Waals surface area contributed by atoms with Gasteiger partial charge in [0, 0.05) is 19.5 Å². The number of hydrogen-bond acceptors (Lipinski definition) is 4. The molecule has 15 heavy (non-hydrogen) atoms. The number of anilines is 1. The van der Waals surface area contributed by atoms with Crippen molar-refractivity contribution in [2.45, 2.75) is 32.1 Å². The topological polar surface area (TPSA) is 55.3 Å². The van der Waals surface area contributed by atoms with E-state index in [9.17, 15) is 0 Å². The lowest BCUT2D eigenvalue weighted by molar-refractivity contribution is 0.462. The summed E-state index contributed by atoms with van der Waals surface area (Å²) in [7, 11) is 0. The Morgan fingerprint density at radius 3 is 2.87 bits per heavy atom. The first-order valence-electron chi connectivity index (χ1n) is 5.80. The third kappa shape index (κ3) is 2.72. The van der Waals surface area contributed by atoms with Gasteiger partial charge in [0.05, 0.1) is 6.20 Å². The van der Waals surface area contributed by atoms with Crippen LogP contribution in [-0.4, -0.2) is 24.6 Å². The van der Waals surface area contributed by atoms with Gasteiger partial charge in [-0.05, 0) is 32.2 Å². The first-order chi connectivity index (χ1) is 7.40. The number of nitrogens with two attached hydrogens (primary N) is 1. The smallest absolute Gasteiger partial charge is 0.297 e. The number of hydrogen-bond donors (Lipinski definition) is 1. The van der Waals surface area contributed by atoms with Gasteiger partial charge in [-0.2, -0.15) is 0 Å². The first-order valence-corrected chi connectivity index (χ1v) is 5.80. The maximum Gasteiger partial charge on any atom is 0.297 e. The molecular weight excluding hydrogens is 190 g/mol. The van der Waals surface area contributed by atoms with Gasteiger partial charge in [0.1, 0.15) is 5.76 Å². The normalized spacial score (nSPS) is 17.0. The van der Waals surface area contributed by atoms with Crippen LogP contribution < -0.4 is 10.6 Å². The molecule has 1 aliphatic heterocycles. The van der Waals surface area contributed by atoms with Crippen LogP contribution in [0.4, 0.5) is 6.01 Å². The number of nitrogens with zero attached hydrogens (tertiary/aromatic N) is 2. The minimum Gasteiger partial charge on any atom is -0.429 e. The van der Waals surface area contributed by atoms with Crippen LogP contribution in [0.5, 0.6) is 0 Å². The van der Waals surface area contributed by atoms with E-state index < -0.39 is 0 Å². The maximum absolute atomic E-state index is 5.68. The van der Waals surface area contributed by atoms with Crippen molar-refractivity contribution < 1.29 is 4.42 Å². The zero-order chi connectivity index (χ0) is 10.5. The summed E-state index contributed by atoms with van der Waals surface area (Å²) in [5.74, 6) is 0.959. The van der Waals surface area contributed by atoms with E-state index in [-0.39, 0.29) is 0 Å². The molecule has 1 aliphatic rings. The summed E-state index contributed by atoms with van der Waals surface area (Å²) in [4.78, 5) is 6.54. The molecule has 0 aliphatic carbocycles. The number of aromatic nitrogens is 1. The van der Waals surface area contributed by atoms with Gasteiger partial charge in [-0.1, -0.05) is 0 Å². The Bertz CT molecular complexity index is 292. The molecule has 0 radical (unpaired) electrons. The Hall–Kier alpha value is -1.03. The fourth-order valence-electron chi connectivity index (χ4n) is 1.92. The van der Waals surface area contributed by atoms with Crippen LogP contribution in [-0.2, 0) is 6.42 Å². The third-order valence-electron chi connectivity index (χ3n) is 2.80. The lowest BCUT2D eigenvalue weighted by Crippen LogP contribution is -2.29. The minimum absolute atomic E-state index is 0.708. The molecule has 0 aromatic carbocycles. The molecule has 2 N–H and O–H groups in total. The van der Waals surface area contributed by atoms with Gasteiger partial charge in [-0.3, -0.25) is 0 Å². The van der Waals surface area contributed by atoms with Crippen molar-refractivity contribution in [1.82, 2.24) is 4.98 Å². The zero-order valence-electron chi connectivity index (χ0n) is 9.11. The summed E-state index contributed by atoms with van der Waals surface area (Å²) in [5.41, 5.74) is 5.45. The van der Waals surface area contributed by atoms with Gasteiger partial charge in [0.15, 0.2) is 0 Å². The van der Waals surface area contributed by atoms with Crippen molar-refractivity contribution in [3.8, 4) is 0 Å². The highest BCUT2D eigenvalue weighted by atomic mass is 16.4. The van der Waals surface area contributed by atoms with Crippen LogP contribution in [0.15, 0.2) is 10.6 Å². The molecule has 2 rings (SSSR count). The average Bonchev–Trinajstić information content (AvgIpc) is 2.76. The molecule has 1 saturated heterocycles. The van der Waals surface area contributed by atoms with Crippen LogP contribution in [0.1, 0.15) is 31.4 Å². The first kappa shape index (κ1) is 10.5. The molecule has 0 saturated carbocycles. The lowest BCUT2D eigenvalue weighted by Gasteiger charge is -2.24. The van der Waals surface area contributed by atoms with Crippen LogP contribution in [0, 0.1) is 0 Å². The number of piperidine rings is 1. The Morgan fingerprint density at radius 2 is 2.13 bits per heavy atom. The summed E-state index contributed by atoms with van der Waals surface area (Å²) in [6.45, 7) is 2.87. The molecule has 4 heteroatoms. The van der Waals surface area contributed by atoms with Crippen molar-refractivity contribution in [1.29, 1.82) is 0 Å². The van der Waals surface area contributed by atoms with Gasteiger partial charge in [0.2, 0.25) is 0 Å². The van der Waals surface area contributed by atoms with Crippen molar-refractivity contribution in [3.05, 3.63) is 12.0 Å². The monoisotopic (exact) mass is 209 g/mol. The van der Waals surface area contributed by atoms with Crippen LogP contribution in [0.2, 0.25) is 0 Å². The van der Waals surface area contributed by atoms with Gasteiger partial charge in [0.25, 0.3) is 6.01 Å². The average molecular weight is 209 g/mol. The highest BCUT2D eigenvalue weighted by Crippen LogP contribution is 2.19. The molecular formula is C11H19N3O. The maximum atomic E-state index is 5.68. The molecule has 0 amide bonds. The van der Waals surface area contributed by atoms with E-state index in [0.717, 1.165) is 37.7 Å². The largest absolute Gasteiger partial charge is 0.429 e. The quantitative estimate of drug-likeness (QED) is 0.817. The number of oxazole rings is 1. The van der Waals surface area contributed by atoms with E-state index in [1.165, 1.54) is 19.3 Å². The van der Waals surface area contributed by atoms with Crippen molar-refractivity contribution in [3.63, 3.8) is 0 Å². The molecule has 0 unspecified atom stereocenters. The highest BCUT2D eigenvalue weighted by Gasteiger charge is 2.15. The summed E-state index contributed by atoms with van der Waals surface area (Å²) < 4.78 is 5.68. The molecule has 1 aromatic rings. The lowest BCUT2D eigenvalue weighted by atomic mass is 10.1. The van der Waals surface area contributed by atoms with Crippen molar-refractivity contribution in [2.24, 2.45) is 5.73 Å². The van der Waals surface area contributed by atoms with E-state index in [1.807, 2.05) is 6.20 Å². The second kappa shape index (κ2) is 5.16. The van der Waals surface area contributed by atoms with Crippen molar-refractivity contribution in [2.75, 3.05) is 24.5 Å². The Balaban J connectivity index is 1.93. The molecule has 4 nitrogen and oxygen atoms in total. The van der Waals surface area contributed by atoms with Gasteiger partial charge in [-0.25, -0.2) is 4.98 Å². The Kier molecular flexibility index (Phi) is 3.61. The molecule has 84 valence electrons. The van der Waals surface area contributed by atoms with Gasteiger partial charge < -0.3 is 15.1 Å². The predicted molar refractivity (Wildman–Crippen MR) is 59.9 cm³/mol.